The van der Waals surface area contributed by atoms with Crippen molar-refractivity contribution in [2.24, 2.45) is 0 Å². The lowest BCUT2D eigenvalue weighted by atomic mass is 10.1. The highest BCUT2D eigenvalue weighted by atomic mass is 19.1. The SMILES string of the molecule is C=C(CCC(F)CC)C(=O)OCC. The molecule has 1 unspecified atom stereocenters. The first-order chi connectivity index (χ1) is 6.11. The van der Waals surface area contributed by atoms with E-state index < -0.39 is 12.1 Å². The molecule has 0 rings (SSSR count). The highest BCUT2D eigenvalue weighted by Gasteiger charge is 2.10. The van der Waals surface area contributed by atoms with E-state index >= 15 is 0 Å². The van der Waals surface area contributed by atoms with Gasteiger partial charge in [0.2, 0.25) is 0 Å². The van der Waals surface area contributed by atoms with Crippen LogP contribution < -0.4 is 0 Å². The van der Waals surface area contributed by atoms with Crippen LogP contribution in [0.2, 0.25) is 0 Å². The molecule has 0 saturated carbocycles. The van der Waals surface area contributed by atoms with E-state index in [4.69, 9.17) is 4.74 Å². The molecule has 0 N–H and O–H groups in total. The molecule has 0 aliphatic rings. The molecule has 0 radical (unpaired) electrons. The number of alkyl halides is 1. The Morgan fingerprint density at radius 2 is 2.15 bits per heavy atom. The Morgan fingerprint density at radius 1 is 1.54 bits per heavy atom. The summed E-state index contributed by atoms with van der Waals surface area (Å²) in [6.07, 6.45) is 0.379. The van der Waals surface area contributed by atoms with E-state index in [1.165, 1.54) is 0 Å². The minimum Gasteiger partial charge on any atom is -0.463 e. The van der Waals surface area contributed by atoms with Crippen molar-refractivity contribution in [3.63, 3.8) is 0 Å². The molecule has 0 saturated heterocycles. The van der Waals surface area contributed by atoms with Crippen LogP contribution in [0.25, 0.3) is 0 Å². The van der Waals surface area contributed by atoms with Gasteiger partial charge >= 0.3 is 5.97 Å². The summed E-state index contributed by atoms with van der Waals surface area (Å²) in [7, 11) is 0. The highest BCUT2D eigenvalue weighted by molar-refractivity contribution is 5.87. The zero-order valence-electron chi connectivity index (χ0n) is 8.31. The number of esters is 1. The van der Waals surface area contributed by atoms with E-state index in [1.807, 2.05) is 0 Å². The first kappa shape index (κ1) is 12.1. The molecule has 0 aromatic heterocycles. The van der Waals surface area contributed by atoms with E-state index in [-0.39, 0.29) is 0 Å². The smallest absolute Gasteiger partial charge is 0.333 e. The molecule has 0 aliphatic heterocycles. The van der Waals surface area contributed by atoms with Crippen LogP contribution in [0, 0.1) is 0 Å². The van der Waals surface area contributed by atoms with Crippen LogP contribution in [-0.4, -0.2) is 18.7 Å². The molecule has 13 heavy (non-hydrogen) atoms. The number of carbonyl (C=O) groups excluding carboxylic acids is 1. The number of carbonyl (C=O) groups is 1. The Bertz CT molecular complexity index is 178. The summed E-state index contributed by atoms with van der Waals surface area (Å²) in [5, 5.41) is 0. The Morgan fingerprint density at radius 3 is 2.62 bits per heavy atom. The molecular formula is C10H17FO2. The Kier molecular flexibility index (Phi) is 6.20. The highest BCUT2D eigenvalue weighted by Crippen LogP contribution is 2.11. The number of hydrogen-bond acceptors (Lipinski definition) is 2. The summed E-state index contributed by atoms with van der Waals surface area (Å²) in [5.41, 5.74) is 0.359. The number of ether oxygens (including phenoxy) is 1. The summed E-state index contributed by atoms with van der Waals surface area (Å²) < 4.78 is 17.5. The van der Waals surface area contributed by atoms with Crippen molar-refractivity contribution < 1.29 is 13.9 Å². The minimum atomic E-state index is -0.842. The maximum absolute atomic E-state index is 12.7. The number of rotatable bonds is 6. The van der Waals surface area contributed by atoms with Crippen molar-refractivity contribution in [1.82, 2.24) is 0 Å². The summed E-state index contributed by atoms with van der Waals surface area (Å²) in [6, 6.07) is 0. The van der Waals surface area contributed by atoms with Crippen LogP contribution in [0.4, 0.5) is 4.39 Å². The lowest BCUT2D eigenvalue weighted by molar-refractivity contribution is -0.138. The van der Waals surface area contributed by atoms with Crippen molar-refractivity contribution in [1.29, 1.82) is 0 Å². The van der Waals surface area contributed by atoms with Gasteiger partial charge in [-0.1, -0.05) is 13.5 Å². The van der Waals surface area contributed by atoms with Gasteiger partial charge in [0.25, 0.3) is 0 Å². The second kappa shape index (κ2) is 6.63. The Hall–Kier alpha value is -0.860. The molecule has 2 nitrogen and oxygen atoms in total. The largest absolute Gasteiger partial charge is 0.463 e. The van der Waals surface area contributed by atoms with E-state index in [2.05, 4.69) is 6.58 Å². The van der Waals surface area contributed by atoms with Crippen LogP contribution in [-0.2, 0) is 9.53 Å². The van der Waals surface area contributed by atoms with Crippen LogP contribution in [0.1, 0.15) is 33.1 Å². The predicted molar refractivity (Wildman–Crippen MR) is 50.2 cm³/mol. The summed E-state index contributed by atoms with van der Waals surface area (Å²) in [4.78, 5) is 11.0. The van der Waals surface area contributed by atoms with Crippen LogP contribution in [0.5, 0.6) is 0 Å². The molecule has 0 aromatic carbocycles. The second-order valence-electron chi connectivity index (χ2n) is 2.87. The normalized spacial score (nSPS) is 12.2. The van der Waals surface area contributed by atoms with Gasteiger partial charge in [-0.15, -0.1) is 0 Å². The Labute approximate surface area is 78.8 Å². The molecule has 0 fully saturated rings. The van der Waals surface area contributed by atoms with Crippen molar-refractivity contribution >= 4 is 5.97 Å². The van der Waals surface area contributed by atoms with Gasteiger partial charge in [0.1, 0.15) is 6.17 Å². The quantitative estimate of drug-likeness (QED) is 0.473. The molecule has 0 heterocycles. The van der Waals surface area contributed by atoms with Gasteiger partial charge in [0.05, 0.1) is 6.61 Å². The first-order valence-corrected chi connectivity index (χ1v) is 4.60. The fraction of sp³-hybridized carbons (Fsp3) is 0.700. The topological polar surface area (TPSA) is 26.3 Å². The molecule has 0 aliphatic carbocycles. The lowest BCUT2D eigenvalue weighted by Crippen LogP contribution is -2.08. The first-order valence-electron chi connectivity index (χ1n) is 4.60. The average Bonchev–Trinajstić information content (AvgIpc) is 2.13. The van der Waals surface area contributed by atoms with E-state index in [0.29, 0.717) is 31.4 Å². The fourth-order valence-corrected chi connectivity index (χ4v) is 0.870. The number of halogens is 1. The van der Waals surface area contributed by atoms with E-state index in [1.54, 1.807) is 13.8 Å². The second-order valence-corrected chi connectivity index (χ2v) is 2.87. The lowest BCUT2D eigenvalue weighted by Gasteiger charge is -2.06. The molecule has 0 amide bonds. The van der Waals surface area contributed by atoms with Gasteiger partial charge in [0.15, 0.2) is 0 Å². The number of hydrogen-bond donors (Lipinski definition) is 0. The maximum atomic E-state index is 12.7. The van der Waals surface area contributed by atoms with Gasteiger partial charge in [-0.3, -0.25) is 0 Å². The zero-order chi connectivity index (χ0) is 10.3. The molecule has 0 aromatic rings. The monoisotopic (exact) mass is 188 g/mol. The summed E-state index contributed by atoms with van der Waals surface area (Å²) in [5.74, 6) is -0.411. The van der Waals surface area contributed by atoms with Gasteiger partial charge in [-0.25, -0.2) is 9.18 Å². The fourth-order valence-electron chi connectivity index (χ4n) is 0.870. The summed E-state index contributed by atoms with van der Waals surface area (Å²) >= 11 is 0. The average molecular weight is 188 g/mol. The molecule has 1 atom stereocenters. The van der Waals surface area contributed by atoms with Crippen LogP contribution in [0.15, 0.2) is 12.2 Å². The molecule has 76 valence electrons. The predicted octanol–water partition coefficient (Wildman–Crippen LogP) is 2.63. The van der Waals surface area contributed by atoms with Gasteiger partial charge in [-0.05, 0) is 26.2 Å². The van der Waals surface area contributed by atoms with E-state index in [0.717, 1.165) is 0 Å². The van der Waals surface area contributed by atoms with Gasteiger partial charge in [-0.2, -0.15) is 0 Å². The maximum Gasteiger partial charge on any atom is 0.333 e. The standard InChI is InChI=1S/C10H17FO2/c1-4-9(11)7-6-8(3)10(12)13-5-2/h9H,3-7H2,1-2H3. The Balaban J connectivity index is 3.68. The molecule has 0 spiro atoms. The zero-order valence-corrected chi connectivity index (χ0v) is 8.31. The van der Waals surface area contributed by atoms with Crippen molar-refractivity contribution in [2.75, 3.05) is 6.61 Å². The van der Waals surface area contributed by atoms with Crippen molar-refractivity contribution in [3.8, 4) is 0 Å². The minimum absolute atomic E-state index is 0.338. The molecule has 0 bridgehead atoms. The molecular weight excluding hydrogens is 171 g/mol. The third-order valence-corrected chi connectivity index (χ3v) is 1.77. The summed E-state index contributed by atoms with van der Waals surface area (Å²) in [6.45, 7) is 7.38. The molecule has 3 heteroatoms. The van der Waals surface area contributed by atoms with E-state index in [9.17, 15) is 9.18 Å². The van der Waals surface area contributed by atoms with Gasteiger partial charge in [0, 0.05) is 5.57 Å². The van der Waals surface area contributed by atoms with Gasteiger partial charge < -0.3 is 4.74 Å². The van der Waals surface area contributed by atoms with Crippen molar-refractivity contribution in [2.45, 2.75) is 39.3 Å². The van der Waals surface area contributed by atoms with Crippen molar-refractivity contribution in [3.05, 3.63) is 12.2 Å². The third kappa shape index (κ3) is 5.39. The third-order valence-electron chi connectivity index (χ3n) is 1.77. The van der Waals surface area contributed by atoms with Crippen LogP contribution >= 0.6 is 0 Å². The van der Waals surface area contributed by atoms with Crippen LogP contribution in [0.3, 0.4) is 0 Å².